The number of hydrogen-bond acceptors (Lipinski definition) is 5. The molecule has 0 aliphatic rings. The highest BCUT2D eigenvalue weighted by molar-refractivity contribution is 6.33. The van der Waals surface area contributed by atoms with Crippen LogP contribution in [-0.2, 0) is 9.53 Å². The van der Waals surface area contributed by atoms with Crippen LogP contribution < -0.4 is 5.32 Å². The number of imidazole rings is 1. The molecule has 2 rings (SSSR count). The van der Waals surface area contributed by atoms with E-state index in [1.165, 1.54) is 6.33 Å². The van der Waals surface area contributed by atoms with Gasteiger partial charge in [-0.1, -0.05) is 11.6 Å². The molecular weight excluding hydrogens is 258 g/mol. The molecule has 0 saturated heterocycles. The Morgan fingerprint density at radius 1 is 1.56 bits per heavy atom. The minimum Gasteiger partial charge on any atom is -0.381 e. The van der Waals surface area contributed by atoms with Crippen molar-refractivity contribution < 1.29 is 9.53 Å². The molecule has 2 N–H and O–H groups in total. The van der Waals surface area contributed by atoms with Crippen LogP contribution >= 0.6 is 11.6 Å². The second-order valence-electron chi connectivity index (χ2n) is 3.43. The van der Waals surface area contributed by atoms with Crippen molar-refractivity contribution in [3.05, 3.63) is 11.5 Å². The first kappa shape index (κ1) is 12.7. The molecule has 0 radical (unpaired) electrons. The smallest absolute Gasteiger partial charge is 0.233 e. The molecule has 0 bridgehead atoms. The maximum Gasteiger partial charge on any atom is 0.233 e. The number of nitrogens with zero attached hydrogens (tertiary/aromatic N) is 3. The van der Waals surface area contributed by atoms with E-state index in [4.69, 9.17) is 16.3 Å². The number of amides is 1. The fourth-order valence-electron chi connectivity index (χ4n) is 1.35. The number of halogens is 1. The second kappa shape index (κ2) is 5.74. The molecule has 96 valence electrons. The van der Waals surface area contributed by atoms with E-state index in [0.717, 1.165) is 0 Å². The van der Waals surface area contributed by atoms with Gasteiger partial charge in [-0.3, -0.25) is 10.1 Å². The number of ether oxygens (including phenoxy) is 1. The summed E-state index contributed by atoms with van der Waals surface area (Å²) in [7, 11) is 0. The lowest BCUT2D eigenvalue weighted by Gasteiger charge is -2.04. The summed E-state index contributed by atoms with van der Waals surface area (Å²) >= 11 is 5.92. The summed E-state index contributed by atoms with van der Waals surface area (Å²) in [5, 5.41) is 2.76. The third kappa shape index (κ3) is 2.93. The van der Waals surface area contributed by atoms with Crippen molar-refractivity contribution in [3.63, 3.8) is 0 Å². The van der Waals surface area contributed by atoms with Crippen LogP contribution in [0, 0.1) is 0 Å². The van der Waals surface area contributed by atoms with Gasteiger partial charge in [0.25, 0.3) is 0 Å². The Morgan fingerprint density at radius 3 is 3.17 bits per heavy atom. The van der Waals surface area contributed by atoms with E-state index >= 15 is 0 Å². The summed E-state index contributed by atoms with van der Waals surface area (Å²) in [4.78, 5) is 26.3. The Bertz CT molecular complexity index is 556. The topological polar surface area (TPSA) is 92.8 Å². The van der Waals surface area contributed by atoms with Gasteiger partial charge in [-0.05, 0) is 6.92 Å². The van der Waals surface area contributed by atoms with E-state index in [9.17, 15) is 4.79 Å². The first-order chi connectivity index (χ1) is 8.70. The predicted octanol–water partition coefficient (Wildman–Crippen LogP) is 1.37. The van der Waals surface area contributed by atoms with Gasteiger partial charge in [-0.25, -0.2) is 4.98 Å². The van der Waals surface area contributed by atoms with Crippen molar-refractivity contribution in [2.24, 2.45) is 0 Å². The highest BCUT2D eigenvalue weighted by Crippen LogP contribution is 2.18. The zero-order valence-corrected chi connectivity index (χ0v) is 10.5. The highest BCUT2D eigenvalue weighted by Gasteiger charge is 2.10. The van der Waals surface area contributed by atoms with Gasteiger partial charge in [0.05, 0.1) is 19.4 Å². The molecule has 0 atom stereocenters. The first-order valence-electron chi connectivity index (χ1n) is 5.45. The zero-order chi connectivity index (χ0) is 13.0. The predicted molar refractivity (Wildman–Crippen MR) is 66.4 cm³/mol. The number of carbonyl (C=O) groups excluding carboxylic acids is 1. The lowest BCUT2D eigenvalue weighted by Crippen LogP contribution is -2.16. The monoisotopic (exact) mass is 269 g/mol. The zero-order valence-electron chi connectivity index (χ0n) is 9.73. The Kier molecular flexibility index (Phi) is 4.06. The number of anilines is 1. The fourth-order valence-corrected chi connectivity index (χ4v) is 1.57. The number of nitrogens with one attached hydrogen (secondary N) is 2. The number of rotatable bonds is 5. The van der Waals surface area contributed by atoms with Crippen LogP contribution in [0.3, 0.4) is 0 Å². The minimum absolute atomic E-state index is 0.140. The minimum atomic E-state index is -0.227. The van der Waals surface area contributed by atoms with Crippen molar-refractivity contribution in [2.75, 3.05) is 18.5 Å². The fraction of sp³-hybridized carbons (Fsp3) is 0.400. The van der Waals surface area contributed by atoms with Crippen LogP contribution in [-0.4, -0.2) is 39.1 Å². The average molecular weight is 270 g/mol. The third-order valence-electron chi connectivity index (χ3n) is 2.17. The van der Waals surface area contributed by atoms with Gasteiger partial charge >= 0.3 is 0 Å². The molecule has 0 spiro atoms. The van der Waals surface area contributed by atoms with Gasteiger partial charge in [0, 0.05) is 6.61 Å². The van der Waals surface area contributed by atoms with Gasteiger partial charge in [0.15, 0.2) is 10.8 Å². The Hall–Kier alpha value is -1.73. The number of aromatic amines is 1. The molecule has 2 aromatic rings. The molecule has 0 aliphatic heterocycles. The normalized spacial score (nSPS) is 10.8. The van der Waals surface area contributed by atoms with E-state index in [2.05, 4.69) is 25.3 Å². The molecule has 0 saturated carbocycles. The number of aromatic nitrogens is 4. The lowest BCUT2D eigenvalue weighted by molar-refractivity contribution is -0.117. The standard InChI is InChI=1S/C10H12ClN5O2/c1-2-18-4-3-6(17)14-10-15-8(11)7-9(16-10)13-5-12-7/h5H,2-4H2,1H3,(H2,12,13,14,15,16,17). The summed E-state index contributed by atoms with van der Waals surface area (Å²) in [5.74, 6) is -0.0875. The Morgan fingerprint density at radius 2 is 2.39 bits per heavy atom. The molecule has 0 fully saturated rings. The van der Waals surface area contributed by atoms with E-state index in [0.29, 0.717) is 24.4 Å². The summed E-state index contributed by atoms with van der Waals surface area (Å²) in [5.41, 5.74) is 0.957. The van der Waals surface area contributed by atoms with Gasteiger partial charge in [0.1, 0.15) is 5.52 Å². The molecule has 1 amide bonds. The van der Waals surface area contributed by atoms with Crippen molar-refractivity contribution in [1.29, 1.82) is 0 Å². The summed E-state index contributed by atoms with van der Waals surface area (Å²) < 4.78 is 5.08. The van der Waals surface area contributed by atoms with Gasteiger partial charge in [-0.15, -0.1) is 0 Å². The maximum atomic E-state index is 11.5. The van der Waals surface area contributed by atoms with E-state index in [1.807, 2.05) is 6.92 Å². The molecule has 18 heavy (non-hydrogen) atoms. The van der Waals surface area contributed by atoms with Crippen LogP contribution in [0.25, 0.3) is 11.2 Å². The summed E-state index contributed by atoms with van der Waals surface area (Å²) in [6, 6.07) is 0. The molecule has 0 aromatic carbocycles. The van der Waals surface area contributed by atoms with Crippen molar-refractivity contribution in [3.8, 4) is 0 Å². The largest absolute Gasteiger partial charge is 0.381 e. The first-order valence-corrected chi connectivity index (χ1v) is 5.82. The van der Waals surface area contributed by atoms with Crippen molar-refractivity contribution in [2.45, 2.75) is 13.3 Å². The maximum absolute atomic E-state index is 11.5. The van der Waals surface area contributed by atoms with Crippen molar-refractivity contribution in [1.82, 2.24) is 19.9 Å². The number of hydrogen-bond donors (Lipinski definition) is 2. The molecule has 0 aliphatic carbocycles. The second-order valence-corrected chi connectivity index (χ2v) is 3.79. The van der Waals surface area contributed by atoms with Crippen LogP contribution in [0.2, 0.25) is 5.15 Å². The molecular formula is C10H12ClN5O2. The van der Waals surface area contributed by atoms with E-state index in [1.54, 1.807) is 0 Å². The summed E-state index contributed by atoms with van der Waals surface area (Å²) in [6.07, 6.45) is 1.71. The molecule has 7 nitrogen and oxygen atoms in total. The van der Waals surface area contributed by atoms with Gasteiger partial charge < -0.3 is 9.72 Å². The lowest BCUT2D eigenvalue weighted by atomic mass is 10.4. The highest BCUT2D eigenvalue weighted by atomic mass is 35.5. The van der Waals surface area contributed by atoms with E-state index < -0.39 is 0 Å². The Labute approximate surface area is 108 Å². The van der Waals surface area contributed by atoms with Crippen LogP contribution in [0.1, 0.15) is 13.3 Å². The third-order valence-corrected chi connectivity index (χ3v) is 2.44. The SMILES string of the molecule is CCOCCC(=O)Nc1nc(Cl)c2[nH]cnc2n1. The molecule has 0 unspecified atom stereocenters. The van der Waals surface area contributed by atoms with E-state index in [-0.39, 0.29) is 23.4 Å². The number of fused-ring (bicyclic) bond motifs is 1. The quantitative estimate of drug-likeness (QED) is 0.632. The van der Waals surface area contributed by atoms with Crippen LogP contribution in [0.4, 0.5) is 5.95 Å². The Balaban J connectivity index is 2.05. The number of carbonyl (C=O) groups is 1. The molecule has 2 heterocycles. The molecule has 8 heteroatoms. The van der Waals surface area contributed by atoms with Crippen molar-refractivity contribution >= 4 is 34.6 Å². The van der Waals surface area contributed by atoms with Crippen LogP contribution in [0.15, 0.2) is 6.33 Å². The van der Waals surface area contributed by atoms with Gasteiger partial charge in [-0.2, -0.15) is 9.97 Å². The van der Waals surface area contributed by atoms with Gasteiger partial charge in [0.2, 0.25) is 11.9 Å². The molecule has 2 aromatic heterocycles. The number of H-pyrrole nitrogens is 1. The average Bonchev–Trinajstić information content (AvgIpc) is 2.78. The van der Waals surface area contributed by atoms with Crippen LogP contribution in [0.5, 0.6) is 0 Å². The summed E-state index contributed by atoms with van der Waals surface area (Å²) in [6.45, 7) is 2.81.